The van der Waals surface area contributed by atoms with Gasteiger partial charge >= 0.3 is 0 Å². The smallest absolute Gasteiger partial charge is 0.255 e. The molecule has 7 rings (SSSR count). The largest absolute Gasteiger partial charge is 0.492 e. The van der Waals surface area contributed by atoms with Gasteiger partial charge < -0.3 is 9.64 Å². The van der Waals surface area contributed by atoms with Crippen molar-refractivity contribution < 1.29 is 19.1 Å². The molecule has 1 spiro atoms. The fraction of sp³-hybridized carbons (Fsp3) is 0.367. The molecule has 1 aromatic heterocycles. The molecule has 5 heterocycles. The molecule has 2 fully saturated rings. The minimum atomic E-state index is -0.630. The Bertz CT molecular complexity index is 1580. The van der Waals surface area contributed by atoms with Gasteiger partial charge in [0.1, 0.15) is 11.8 Å². The molecule has 3 aromatic rings. The van der Waals surface area contributed by atoms with Crippen LogP contribution >= 0.6 is 0 Å². The molecule has 4 aliphatic rings. The second kappa shape index (κ2) is 9.31. The maximum atomic E-state index is 13.2. The third-order valence-corrected chi connectivity index (χ3v) is 8.83. The summed E-state index contributed by atoms with van der Waals surface area (Å²) >= 11 is 0. The van der Waals surface area contributed by atoms with Crippen LogP contribution in [0.2, 0.25) is 0 Å². The number of nitrogens with zero attached hydrogens (tertiary/aromatic N) is 5. The van der Waals surface area contributed by atoms with Gasteiger partial charge in [-0.25, -0.2) is 9.53 Å². The van der Waals surface area contributed by atoms with Crippen molar-refractivity contribution >= 4 is 23.4 Å². The second-order valence-electron chi connectivity index (χ2n) is 11.1. The highest BCUT2D eigenvalue weighted by Crippen LogP contribution is 2.49. The molecule has 202 valence electrons. The van der Waals surface area contributed by atoms with Crippen molar-refractivity contribution in [3.8, 4) is 11.4 Å². The number of piperidine rings is 2. The topological polar surface area (TPSA) is 101 Å². The monoisotopic (exact) mass is 536 g/mol. The highest BCUT2D eigenvalue weighted by Gasteiger charge is 2.47. The Morgan fingerprint density at radius 3 is 2.65 bits per heavy atom. The Hall–Kier alpha value is -4.49. The van der Waals surface area contributed by atoms with Crippen molar-refractivity contribution in [2.75, 3.05) is 19.7 Å². The van der Waals surface area contributed by atoms with E-state index in [1.165, 1.54) is 5.56 Å². The van der Waals surface area contributed by atoms with Crippen molar-refractivity contribution in [1.82, 2.24) is 24.9 Å². The van der Waals surface area contributed by atoms with Gasteiger partial charge in [-0.15, -0.1) is 0 Å². The summed E-state index contributed by atoms with van der Waals surface area (Å²) in [6.45, 7) is 10.7. The molecular weight excluding hydrogens is 508 g/mol. The van der Waals surface area contributed by atoms with Gasteiger partial charge in [-0.05, 0) is 50.6 Å². The van der Waals surface area contributed by atoms with E-state index in [2.05, 4.69) is 20.2 Å². The Morgan fingerprint density at radius 2 is 1.90 bits per heavy atom. The van der Waals surface area contributed by atoms with Crippen LogP contribution in [0.25, 0.3) is 10.5 Å². The van der Waals surface area contributed by atoms with Crippen LogP contribution in [0.5, 0.6) is 5.75 Å². The van der Waals surface area contributed by atoms with E-state index < -0.39 is 11.9 Å². The molecule has 3 amide bonds. The Labute approximate surface area is 231 Å². The highest BCUT2D eigenvalue weighted by atomic mass is 16.5. The minimum absolute atomic E-state index is 0.0825. The molecule has 40 heavy (non-hydrogen) atoms. The van der Waals surface area contributed by atoms with Crippen molar-refractivity contribution in [2.45, 2.75) is 50.2 Å². The van der Waals surface area contributed by atoms with Gasteiger partial charge in [0.05, 0.1) is 31.6 Å². The first-order valence-corrected chi connectivity index (χ1v) is 13.6. The van der Waals surface area contributed by atoms with E-state index in [1.807, 2.05) is 41.3 Å². The normalized spacial score (nSPS) is 21.6. The van der Waals surface area contributed by atoms with Crippen LogP contribution in [0.4, 0.5) is 5.69 Å². The quantitative estimate of drug-likeness (QED) is 0.406. The van der Waals surface area contributed by atoms with Crippen LogP contribution in [-0.2, 0) is 28.1 Å². The zero-order valence-electron chi connectivity index (χ0n) is 21.9. The molecule has 0 aliphatic carbocycles. The number of carbonyl (C=O) groups excluding carboxylic acids is 3. The van der Waals surface area contributed by atoms with Crippen LogP contribution in [0, 0.1) is 6.57 Å². The summed E-state index contributed by atoms with van der Waals surface area (Å²) in [5, 5.41) is 6.88. The predicted octanol–water partition coefficient (Wildman–Crippen LogP) is 3.11. The van der Waals surface area contributed by atoms with Crippen molar-refractivity contribution in [1.29, 1.82) is 0 Å². The van der Waals surface area contributed by atoms with E-state index in [4.69, 9.17) is 11.3 Å². The maximum Gasteiger partial charge on any atom is 0.255 e. The van der Waals surface area contributed by atoms with Crippen LogP contribution in [0.1, 0.15) is 52.7 Å². The summed E-state index contributed by atoms with van der Waals surface area (Å²) in [7, 11) is 0. The highest BCUT2D eigenvalue weighted by molar-refractivity contribution is 6.05. The van der Waals surface area contributed by atoms with Crippen LogP contribution in [0.3, 0.4) is 0 Å². The minimum Gasteiger partial charge on any atom is -0.492 e. The molecule has 0 saturated carbocycles. The summed E-state index contributed by atoms with van der Waals surface area (Å²) in [4.78, 5) is 44.7. The average molecular weight is 537 g/mol. The lowest BCUT2D eigenvalue weighted by atomic mass is 9.74. The van der Waals surface area contributed by atoms with E-state index in [0.29, 0.717) is 30.8 Å². The lowest BCUT2D eigenvalue weighted by Gasteiger charge is -2.38. The molecule has 0 bridgehead atoms. The van der Waals surface area contributed by atoms with E-state index in [9.17, 15) is 14.4 Å². The number of rotatable bonds is 4. The molecule has 0 unspecified atom stereocenters. The van der Waals surface area contributed by atoms with Gasteiger partial charge in [0, 0.05) is 46.8 Å². The van der Waals surface area contributed by atoms with Crippen molar-refractivity contribution in [3.05, 3.63) is 82.5 Å². The summed E-state index contributed by atoms with van der Waals surface area (Å²) in [5.41, 5.74) is 5.22. The van der Waals surface area contributed by atoms with E-state index in [0.717, 1.165) is 55.0 Å². The molecule has 1 atom stereocenters. The number of carbonyl (C=O) groups is 3. The van der Waals surface area contributed by atoms with Gasteiger partial charge in [-0.2, -0.15) is 5.10 Å². The first-order valence-electron chi connectivity index (χ1n) is 13.6. The molecule has 2 aromatic carbocycles. The van der Waals surface area contributed by atoms with E-state index in [-0.39, 0.29) is 23.7 Å². The van der Waals surface area contributed by atoms with Gasteiger partial charge in [-0.1, -0.05) is 18.2 Å². The number of hydrogen-bond donors (Lipinski definition) is 1. The predicted molar refractivity (Wildman–Crippen MR) is 144 cm³/mol. The molecule has 4 aliphatic heterocycles. The first-order chi connectivity index (χ1) is 19.4. The standard InChI is InChI=1S/C30H28N6O4/c1-31-20-2-4-21(5-3-20)36-16-19(14-32-36)15-34-12-10-30(11-13-34)18-40-27-23-17-35(25-8-9-26(37)33-28(25)38)29(39)22(23)6-7-24(27)30/h2-7,14,16,25H,8-13,15,17-18H2,(H,33,37,38)/t25-/m0/s1. The summed E-state index contributed by atoms with van der Waals surface area (Å²) in [6.07, 6.45) is 6.43. The first kappa shape index (κ1) is 24.5. The summed E-state index contributed by atoms with van der Waals surface area (Å²) in [5.74, 6) is -0.0551. The van der Waals surface area contributed by atoms with E-state index >= 15 is 0 Å². The number of likely N-dealkylation sites (tertiary alicyclic amines) is 1. The Kier molecular flexibility index (Phi) is 5.71. The molecule has 10 heteroatoms. The second-order valence-corrected chi connectivity index (χ2v) is 11.1. The lowest BCUT2D eigenvalue weighted by molar-refractivity contribution is -0.136. The third kappa shape index (κ3) is 3.97. The average Bonchev–Trinajstić information content (AvgIpc) is 3.67. The molecular formula is C30H28N6O4. The number of benzene rings is 2. The number of hydrogen-bond acceptors (Lipinski definition) is 6. The zero-order chi connectivity index (χ0) is 27.4. The number of ether oxygens (including phenoxy) is 1. The summed E-state index contributed by atoms with van der Waals surface area (Å²) in [6, 6.07) is 10.7. The Morgan fingerprint density at radius 1 is 1.10 bits per heavy atom. The van der Waals surface area contributed by atoms with Gasteiger partial charge in [0.15, 0.2) is 5.69 Å². The number of fused-ring (bicyclic) bond motifs is 4. The van der Waals surface area contributed by atoms with Crippen molar-refractivity contribution in [2.24, 2.45) is 0 Å². The molecule has 2 saturated heterocycles. The number of imide groups is 1. The molecule has 1 N–H and O–H groups in total. The molecule has 10 nitrogen and oxygen atoms in total. The van der Waals surface area contributed by atoms with Crippen LogP contribution in [-0.4, -0.2) is 63.0 Å². The SMILES string of the molecule is [C-]#[N+]c1ccc(-n2cc(CN3CCC4(CC3)COc3c4ccc4c3CN([C@H]3CCC(=O)NC3=O)C4=O)cn2)cc1. The van der Waals surface area contributed by atoms with Crippen molar-refractivity contribution in [3.63, 3.8) is 0 Å². The zero-order valence-corrected chi connectivity index (χ0v) is 21.9. The van der Waals surface area contributed by atoms with Gasteiger partial charge in [0.25, 0.3) is 5.91 Å². The number of aromatic nitrogens is 2. The van der Waals surface area contributed by atoms with Crippen LogP contribution in [0.15, 0.2) is 48.8 Å². The fourth-order valence-electron chi connectivity index (χ4n) is 6.56. The number of amides is 3. The Balaban J connectivity index is 1.03. The van der Waals surface area contributed by atoms with Gasteiger partial charge in [-0.3, -0.25) is 24.6 Å². The van der Waals surface area contributed by atoms with E-state index in [1.54, 1.807) is 17.0 Å². The third-order valence-electron chi connectivity index (χ3n) is 8.83. The number of nitrogens with one attached hydrogen (secondary N) is 1. The molecule has 0 radical (unpaired) electrons. The van der Waals surface area contributed by atoms with Crippen LogP contribution < -0.4 is 10.1 Å². The summed E-state index contributed by atoms with van der Waals surface area (Å²) < 4.78 is 8.14. The maximum absolute atomic E-state index is 13.2. The fourth-order valence-corrected chi connectivity index (χ4v) is 6.56. The van der Waals surface area contributed by atoms with Gasteiger partial charge in [0.2, 0.25) is 11.8 Å². The lowest BCUT2D eigenvalue weighted by Crippen LogP contribution is -2.52.